The topological polar surface area (TPSA) is 42.0 Å². The highest BCUT2D eigenvalue weighted by Gasteiger charge is 2.44. The number of pyridine rings is 1. The van der Waals surface area contributed by atoms with E-state index in [1.165, 1.54) is 9.75 Å². The molecule has 3 nitrogen and oxygen atoms in total. The lowest BCUT2D eigenvalue weighted by Crippen LogP contribution is -2.14. The summed E-state index contributed by atoms with van der Waals surface area (Å²) in [7, 11) is 0. The largest absolute Gasteiger partial charge is 0.324 e. The normalized spacial score (nSPS) is 21.2. The summed E-state index contributed by atoms with van der Waals surface area (Å²) in [5.74, 6) is 0.549. The molecule has 98 valence electrons. The summed E-state index contributed by atoms with van der Waals surface area (Å²) in [5, 5.41) is 3.31. The lowest BCUT2D eigenvalue weighted by atomic mass is 10.2. The molecule has 0 aromatic carbocycles. The smallest absolute Gasteiger partial charge is 0.228 e. The molecule has 0 radical (unpaired) electrons. The summed E-state index contributed by atoms with van der Waals surface area (Å²) in [4.78, 5) is 18.6. The van der Waals surface area contributed by atoms with Gasteiger partial charge in [0.05, 0.1) is 11.9 Å². The minimum atomic E-state index is 0.0696. The third-order valence-electron chi connectivity index (χ3n) is 3.25. The van der Waals surface area contributed by atoms with Crippen molar-refractivity contribution in [2.24, 2.45) is 5.92 Å². The van der Waals surface area contributed by atoms with Crippen molar-refractivity contribution in [3.8, 4) is 0 Å². The lowest BCUT2D eigenvalue weighted by Gasteiger charge is -2.03. The molecule has 1 N–H and O–H groups in total. The van der Waals surface area contributed by atoms with E-state index in [1.54, 1.807) is 29.7 Å². The number of hydrogen-bond acceptors (Lipinski definition) is 3. The molecule has 0 aliphatic heterocycles. The molecule has 2 aromatic heterocycles. The van der Waals surface area contributed by atoms with Gasteiger partial charge in [-0.1, -0.05) is 11.6 Å². The van der Waals surface area contributed by atoms with E-state index < -0.39 is 0 Å². The predicted molar refractivity (Wildman–Crippen MR) is 77.8 cm³/mol. The molecule has 19 heavy (non-hydrogen) atoms. The molecule has 2 atom stereocenters. The number of hydrogen-bond donors (Lipinski definition) is 1. The molecule has 1 amide bonds. The second-order valence-corrected chi connectivity index (χ2v) is 6.46. The number of amides is 1. The van der Waals surface area contributed by atoms with Crippen molar-refractivity contribution >= 4 is 34.5 Å². The fraction of sp³-hybridized carbons (Fsp3) is 0.286. The first kappa shape index (κ1) is 12.6. The zero-order valence-electron chi connectivity index (χ0n) is 10.4. The summed E-state index contributed by atoms with van der Waals surface area (Å²) < 4.78 is 0. The van der Waals surface area contributed by atoms with E-state index in [-0.39, 0.29) is 11.8 Å². The van der Waals surface area contributed by atoms with Gasteiger partial charge in [0.2, 0.25) is 5.91 Å². The van der Waals surface area contributed by atoms with Gasteiger partial charge in [-0.25, -0.2) is 4.98 Å². The summed E-state index contributed by atoms with van der Waals surface area (Å²) in [5.41, 5.74) is 0.697. The van der Waals surface area contributed by atoms with Gasteiger partial charge < -0.3 is 5.32 Å². The fourth-order valence-electron chi connectivity index (χ4n) is 2.14. The molecular weight excluding hydrogens is 280 g/mol. The van der Waals surface area contributed by atoms with Crippen LogP contribution in [0.25, 0.3) is 0 Å². The Kier molecular flexibility index (Phi) is 3.29. The van der Waals surface area contributed by atoms with Crippen LogP contribution in [-0.4, -0.2) is 10.9 Å². The molecule has 2 aromatic rings. The van der Waals surface area contributed by atoms with Crippen LogP contribution in [0.1, 0.15) is 22.1 Å². The Hall–Kier alpha value is -1.39. The number of anilines is 1. The number of thiophene rings is 1. The average Bonchev–Trinajstić information content (AvgIpc) is 3.08. The Labute approximate surface area is 120 Å². The lowest BCUT2D eigenvalue weighted by molar-refractivity contribution is -0.117. The highest BCUT2D eigenvalue weighted by Crippen LogP contribution is 2.50. The minimum absolute atomic E-state index is 0.0696. The van der Waals surface area contributed by atoms with Crippen molar-refractivity contribution in [1.29, 1.82) is 0 Å². The maximum atomic E-state index is 12.1. The van der Waals surface area contributed by atoms with Crippen molar-refractivity contribution in [2.75, 3.05) is 5.32 Å². The third kappa shape index (κ3) is 2.80. The molecular formula is C14H13ClN2OS. The number of rotatable bonds is 3. The van der Waals surface area contributed by atoms with E-state index in [4.69, 9.17) is 11.6 Å². The Morgan fingerprint density at radius 3 is 2.89 bits per heavy atom. The number of nitrogens with zero attached hydrogens (tertiary/aromatic N) is 1. The fourth-order valence-corrected chi connectivity index (χ4v) is 3.30. The molecule has 1 fully saturated rings. The SMILES string of the molecule is Cc1ccc([C@@H]2C[C@@H]2C(=O)Nc2ccc(Cl)nc2)s1. The molecule has 3 rings (SSSR count). The number of carbonyl (C=O) groups excluding carboxylic acids is 1. The van der Waals surface area contributed by atoms with E-state index in [0.29, 0.717) is 16.8 Å². The molecule has 0 saturated heterocycles. The highest BCUT2D eigenvalue weighted by atomic mass is 35.5. The van der Waals surface area contributed by atoms with Gasteiger partial charge in [-0.05, 0) is 37.6 Å². The van der Waals surface area contributed by atoms with Gasteiger partial charge in [-0.15, -0.1) is 11.3 Å². The molecule has 5 heteroatoms. The van der Waals surface area contributed by atoms with Gasteiger partial charge >= 0.3 is 0 Å². The van der Waals surface area contributed by atoms with Crippen LogP contribution in [0, 0.1) is 12.8 Å². The summed E-state index contributed by atoms with van der Waals surface area (Å²) in [6.07, 6.45) is 2.51. The molecule has 0 spiro atoms. The van der Waals surface area contributed by atoms with E-state index in [2.05, 4.69) is 29.4 Å². The standard InChI is InChI=1S/C14H13ClN2OS/c1-8-2-4-12(19-8)10-6-11(10)14(18)17-9-3-5-13(15)16-7-9/h2-5,7,10-11H,6H2,1H3,(H,17,18)/t10-,11+/m1/s1. The van der Waals surface area contributed by atoms with Gasteiger partial charge in [0.1, 0.15) is 5.15 Å². The zero-order chi connectivity index (χ0) is 13.4. The highest BCUT2D eigenvalue weighted by molar-refractivity contribution is 7.12. The quantitative estimate of drug-likeness (QED) is 0.873. The molecule has 0 unspecified atom stereocenters. The zero-order valence-corrected chi connectivity index (χ0v) is 12.0. The van der Waals surface area contributed by atoms with Gasteiger partial charge in [0, 0.05) is 21.6 Å². The van der Waals surface area contributed by atoms with Crippen LogP contribution < -0.4 is 5.32 Å². The summed E-state index contributed by atoms with van der Waals surface area (Å²) in [6, 6.07) is 7.67. The van der Waals surface area contributed by atoms with Gasteiger partial charge in [-0.2, -0.15) is 0 Å². The van der Waals surface area contributed by atoms with Gasteiger partial charge in [0.15, 0.2) is 0 Å². The van der Waals surface area contributed by atoms with Crippen LogP contribution in [0.5, 0.6) is 0 Å². The average molecular weight is 293 g/mol. The van der Waals surface area contributed by atoms with Gasteiger partial charge in [0.25, 0.3) is 0 Å². The minimum Gasteiger partial charge on any atom is -0.324 e. The van der Waals surface area contributed by atoms with Gasteiger partial charge in [-0.3, -0.25) is 4.79 Å². The maximum Gasteiger partial charge on any atom is 0.228 e. The molecule has 2 heterocycles. The van der Waals surface area contributed by atoms with E-state index in [0.717, 1.165) is 6.42 Å². The molecule has 1 aliphatic rings. The Balaban J connectivity index is 1.62. The maximum absolute atomic E-state index is 12.1. The predicted octanol–water partition coefficient (Wildman–Crippen LogP) is 3.85. The van der Waals surface area contributed by atoms with Crippen LogP contribution in [0.15, 0.2) is 30.5 Å². The number of halogens is 1. The number of carbonyl (C=O) groups is 1. The van der Waals surface area contributed by atoms with Crippen molar-refractivity contribution in [1.82, 2.24) is 4.98 Å². The van der Waals surface area contributed by atoms with Crippen molar-refractivity contribution in [2.45, 2.75) is 19.3 Å². The molecule has 0 bridgehead atoms. The van der Waals surface area contributed by atoms with Crippen LogP contribution >= 0.6 is 22.9 Å². The second-order valence-electron chi connectivity index (χ2n) is 4.76. The third-order valence-corrected chi connectivity index (χ3v) is 4.60. The number of aryl methyl sites for hydroxylation is 1. The van der Waals surface area contributed by atoms with E-state index in [9.17, 15) is 4.79 Å². The number of nitrogens with one attached hydrogen (secondary N) is 1. The second kappa shape index (κ2) is 4.94. The monoisotopic (exact) mass is 292 g/mol. The van der Waals surface area contributed by atoms with Crippen LogP contribution in [0.2, 0.25) is 5.15 Å². The molecule has 1 saturated carbocycles. The van der Waals surface area contributed by atoms with Crippen molar-refractivity contribution < 1.29 is 4.79 Å². The first-order chi connectivity index (χ1) is 9.13. The Bertz CT molecular complexity index is 608. The Morgan fingerprint density at radius 2 is 2.26 bits per heavy atom. The number of aromatic nitrogens is 1. The van der Waals surface area contributed by atoms with Crippen LogP contribution in [0.4, 0.5) is 5.69 Å². The van der Waals surface area contributed by atoms with E-state index >= 15 is 0 Å². The van der Waals surface area contributed by atoms with Crippen LogP contribution in [-0.2, 0) is 4.79 Å². The van der Waals surface area contributed by atoms with E-state index in [1.807, 2.05) is 0 Å². The van der Waals surface area contributed by atoms with Crippen molar-refractivity contribution in [3.63, 3.8) is 0 Å². The first-order valence-corrected chi connectivity index (χ1v) is 7.31. The first-order valence-electron chi connectivity index (χ1n) is 6.12. The summed E-state index contributed by atoms with van der Waals surface area (Å²) in [6.45, 7) is 2.09. The summed E-state index contributed by atoms with van der Waals surface area (Å²) >= 11 is 7.48. The van der Waals surface area contributed by atoms with Crippen LogP contribution in [0.3, 0.4) is 0 Å². The molecule has 1 aliphatic carbocycles. The van der Waals surface area contributed by atoms with Crippen molar-refractivity contribution in [3.05, 3.63) is 45.4 Å². The Morgan fingerprint density at radius 1 is 1.42 bits per heavy atom.